The minimum Gasteiger partial charge on any atom is -0.360 e. The molecule has 4 rings (SSSR count). The first-order valence-electron chi connectivity index (χ1n) is 8.44. The molecule has 1 amide bonds. The quantitative estimate of drug-likeness (QED) is 0.689. The lowest BCUT2D eigenvalue weighted by Gasteiger charge is -2.26. The molecular weight excluding hydrogens is 332 g/mol. The number of aryl methyl sites for hydroxylation is 1. The summed E-state index contributed by atoms with van der Waals surface area (Å²) in [5.74, 6) is 0.0572. The lowest BCUT2D eigenvalue weighted by Crippen LogP contribution is -2.34. The first-order valence-corrected chi connectivity index (χ1v) is 8.82. The van der Waals surface area contributed by atoms with Crippen LogP contribution in [0.1, 0.15) is 27.9 Å². The number of nitrogens with zero attached hydrogens (tertiary/aromatic N) is 1. The average Bonchev–Trinajstić information content (AvgIpc) is 3.07. The van der Waals surface area contributed by atoms with Crippen LogP contribution in [-0.2, 0) is 0 Å². The highest BCUT2D eigenvalue weighted by atomic mass is 35.5. The maximum absolute atomic E-state index is 12.6. The van der Waals surface area contributed by atoms with Crippen LogP contribution in [0, 0.1) is 6.92 Å². The molecule has 0 radical (unpaired) electrons. The lowest BCUT2D eigenvalue weighted by atomic mass is 9.98. The molecule has 25 heavy (non-hydrogen) atoms. The third-order valence-corrected chi connectivity index (χ3v) is 5.11. The van der Waals surface area contributed by atoms with Crippen molar-refractivity contribution >= 4 is 34.0 Å². The molecule has 4 heteroatoms. The van der Waals surface area contributed by atoms with Crippen LogP contribution in [-0.4, -0.2) is 28.9 Å². The maximum atomic E-state index is 12.6. The molecule has 0 atom stereocenters. The summed E-state index contributed by atoms with van der Waals surface area (Å²) in [5, 5.41) is 1.90. The zero-order valence-electron chi connectivity index (χ0n) is 14.1. The number of hydrogen-bond acceptors (Lipinski definition) is 1. The molecule has 3 aromatic rings. The summed E-state index contributed by atoms with van der Waals surface area (Å²) in [7, 11) is 0. The molecule has 2 heterocycles. The molecule has 1 aliphatic heterocycles. The van der Waals surface area contributed by atoms with Gasteiger partial charge in [-0.2, -0.15) is 0 Å². The highest BCUT2D eigenvalue weighted by Crippen LogP contribution is 2.30. The molecule has 0 unspecified atom stereocenters. The molecule has 3 nitrogen and oxygen atoms in total. The molecule has 1 aliphatic rings. The fraction of sp³-hybridized carbons (Fsp3) is 0.190. The Morgan fingerprint density at radius 1 is 1.16 bits per heavy atom. The SMILES string of the molecule is Cc1cccc2c(C3=CCN(C(=O)c4ccc(Cl)cc4)CC3)c[nH]c12. The largest absolute Gasteiger partial charge is 0.360 e. The van der Waals surface area contributed by atoms with Gasteiger partial charge in [0.15, 0.2) is 0 Å². The van der Waals surface area contributed by atoms with Crippen molar-refractivity contribution in [1.29, 1.82) is 0 Å². The lowest BCUT2D eigenvalue weighted by molar-refractivity contribution is 0.0773. The molecule has 2 aromatic carbocycles. The van der Waals surface area contributed by atoms with Gasteiger partial charge in [0.25, 0.3) is 5.91 Å². The normalized spacial score (nSPS) is 14.6. The van der Waals surface area contributed by atoms with E-state index in [1.807, 2.05) is 4.90 Å². The van der Waals surface area contributed by atoms with Gasteiger partial charge in [0, 0.05) is 46.3 Å². The molecule has 0 spiro atoms. The molecule has 0 saturated heterocycles. The summed E-state index contributed by atoms with van der Waals surface area (Å²) >= 11 is 5.90. The second-order valence-corrected chi connectivity index (χ2v) is 6.87. The smallest absolute Gasteiger partial charge is 0.254 e. The number of aromatic amines is 1. The monoisotopic (exact) mass is 350 g/mol. The van der Waals surface area contributed by atoms with Gasteiger partial charge in [0.05, 0.1) is 0 Å². The van der Waals surface area contributed by atoms with Gasteiger partial charge in [0.1, 0.15) is 0 Å². The molecule has 0 saturated carbocycles. The van der Waals surface area contributed by atoms with Crippen LogP contribution in [0.5, 0.6) is 0 Å². The minimum absolute atomic E-state index is 0.0572. The number of hydrogen-bond donors (Lipinski definition) is 1. The number of carbonyl (C=O) groups excluding carboxylic acids is 1. The van der Waals surface area contributed by atoms with E-state index in [0.29, 0.717) is 17.1 Å². The van der Waals surface area contributed by atoms with Gasteiger partial charge in [-0.1, -0.05) is 35.9 Å². The summed E-state index contributed by atoms with van der Waals surface area (Å²) in [6.07, 6.45) is 5.11. The number of para-hydroxylation sites is 1. The predicted molar refractivity (Wildman–Crippen MR) is 103 cm³/mol. The first kappa shape index (κ1) is 16.0. The number of halogens is 1. The molecular formula is C21H19ClN2O. The number of rotatable bonds is 2. The van der Waals surface area contributed by atoms with Crippen molar-refractivity contribution in [2.45, 2.75) is 13.3 Å². The Hall–Kier alpha value is -2.52. The number of aromatic nitrogens is 1. The summed E-state index contributed by atoms with van der Waals surface area (Å²) < 4.78 is 0. The van der Waals surface area contributed by atoms with Crippen LogP contribution in [0.3, 0.4) is 0 Å². The first-order chi connectivity index (χ1) is 12.1. The number of amides is 1. The van der Waals surface area contributed by atoms with E-state index < -0.39 is 0 Å². The second-order valence-electron chi connectivity index (χ2n) is 6.44. The maximum Gasteiger partial charge on any atom is 0.254 e. The van der Waals surface area contributed by atoms with E-state index in [4.69, 9.17) is 11.6 Å². The van der Waals surface area contributed by atoms with Crippen molar-refractivity contribution in [3.63, 3.8) is 0 Å². The van der Waals surface area contributed by atoms with E-state index in [1.165, 1.54) is 27.6 Å². The highest BCUT2D eigenvalue weighted by Gasteiger charge is 2.20. The summed E-state index contributed by atoms with van der Waals surface area (Å²) in [4.78, 5) is 17.9. The summed E-state index contributed by atoms with van der Waals surface area (Å²) in [6, 6.07) is 13.4. The molecule has 0 aliphatic carbocycles. The van der Waals surface area contributed by atoms with Crippen LogP contribution in [0.25, 0.3) is 16.5 Å². The van der Waals surface area contributed by atoms with E-state index in [2.05, 4.69) is 42.4 Å². The molecule has 0 fully saturated rings. The Kier molecular flexibility index (Phi) is 4.10. The van der Waals surface area contributed by atoms with Crippen LogP contribution in [0.15, 0.2) is 54.7 Å². The third-order valence-electron chi connectivity index (χ3n) is 4.86. The van der Waals surface area contributed by atoms with Gasteiger partial charge in [-0.05, 0) is 48.7 Å². The Labute approximate surface area is 151 Å². The number of nitrogens with one attached hydrogen (secondary N) is 1. The average molecular weight is 351 g/mol. The topological polar surface area (TPSA) is 36.1 Å². The van der Waals surface area contributed by atoms with E-state index in [9.17, 15) is 4.79 Å². The van der Waals surface area contributed by atoms with E-state index in [-0.39, 0.29) is 5.91 Å². The van der Waals surface area contributed by atoms with Gasteiger partial charge in [0.2, 0.25) is 0 Å². The van der Waals surface area contributed by atoms with Crippen LogP contribution < -0.4 is 0 Å². The third kappa shape index (κ3) is 2.96. The minimum atomic E-state index is 0.0572. The van der Waals surface area contributed by atoms with E-state index in [0.717, 1.165) is 13.0 Å². The molecule has 1 N–H and O–H groups in total. The van der Waals surface area contributed by atoms with Crippen LogP contribution in [0.4, 0.5) is 0 Å². The Morgan fingerprint density at radius 2 is 1.96 bits per heavy atom. The van der Waals surface area contributed by atoms with Crippen molar-refractivity contribution in [2.24, 2.45) is 0 Å². The van der Waals surface area contributed by atoms with Crippen LogP contribution >= 0.6 is 11.6 Å². The Balaban J connectivity index is 1.56. The van der Waals surface area contributed by atoms with Crippen molar-refractivity contribution in [3.05, 3.63) is 76.5 Å². The van der Waals surface area contributed by atoms with Gasteiger partial charge in [-0.25, -0.2) is 0 Å². The van der Waals surface area contributed by atoms with Gasteiger partial charge < -0.3 is 9.88 Å². The molecule has 126 valence electrons. The summed E-state index contributed by atoms with van der Waals surface area (Å²) in [5.41, 5.74) is 5.68. The number of carbonyl (C=O) groups is 1. The Morgan fingerprint density at radius 3 is 2.68 bits per heavy atom. The van der Waals surface area contributed by atoms with Gasteiger partial charge in [-0.15, -0.1) is 0 Å². The van der Waals surface area contributed by atoms with E-state index >= 15 is 0 Å². The fourth-order valence-electron chi connectivity index (χ4n) is 3.44. The highest BCUT2D eigenvalue weighted by molar-refractivity contribution is 6.30. The van der Waals surface area contributed by atoms with Crippen molar-refractivity contribution in [3.8, 4) is 0 Å². The zero-order valence-corrected chi connectivity index (χ0v) is 14.8. The van der Waals surface area contributed by atoms with E-state index in [1.54, 1.807) is 24.3 Å². The predicted octanol–water partition coefficient (Wildman–Crippen LogP) is 5.06. The van der Waals surface area contributed by atoms with Crippen molar-refractivity contribution in [1.82, 2.24) is 9.88 Å². The summed E-state index contributed by atoms with van der Waals surface area (Å²) in [6.45, 7) is 3.48. The van der Waals surface area contributed by atoms with Crippen molar-refractivity contribution in [2.75, 3.05) is 13.1 Å². The molecule has 1 aromatic heterocycles. The second kappa shape index (κ2) is 6.41. The number of H-pyrrole nitrogens is 1. The Bertz CT molecular complexity index is 969. The number of benzene rings is 2. The number of fused-ring (bicyclic) bond motifs is 1. The standard InChI is InChI=1S/C21H19ClN2O/c1-14-3-2-4-18-19(13-23-20(14)18)15-9-11-24(12-10-15)21(25)16-5-7-17(22)8-6-16/h2-9,13,23H,10-12H2,1H3. The van der Waals surface area contributed by atoms with Gasteiger partial charge >= 0.3 is 0 Å². The van der Waals surface area contributed by atoms with Crippen molar-refractivity contribution < 1.29 is 4.79 Å². The van der Waals surface area contributed by atoms with Gasteiger partial charge in [-0.3, -0.25) is 4.79 Å². The fourth-order valence-corrected chi connectivity index (χ4v) is 3.57. The molecule has 0 bridgehead atoms. The van der Waals surface area contributed by atoms with Crippen LogP contribution in [0.2, 0.25) is 5.02 Å². The zero-order chi connectivity index (χ0) is 17.4.